The van der Waals surface area contributed by atoms with E-state index in [1.807, 2.05) is 13.8 Å². The lowest BCUT2D eigenvalue weighted by atomic mass is 10.1. The first-order valence-electron chi connectivity index (χ1n) is 4.55. The van der Waals surface area contributed by atoms with Crippen LogP contribution in [0.3, 0.4) is 0 Å². The molecule has 1 heterocycles. The van der Waals surface area contributed by atoms with Crippen molar-refractivity contribution in [2.45, 2.75) is 31.9 Å². The third-order valence-corrected chi connectivity index (χ3v) is 3.32. The highest BCUT2D eigenvalue weighted by Gasteiger charge is 2.25. The van der Waals surface area contributed by atoms with Crippen LogP contribution >= 0.6 is 11.3 Å². The number of rotatable bonds is 4. The lowest BCUT2D eigenvalue weighted by Gasteiger charge is -2.12. The molecule has 0 aromatic carbocycles. The highest BCUT2D eigenvalue weighted by molar-refractivity contribution is 7.11. The van der Waals surface area contributed by atoms with Gasteiger partial charge in [0.1, 0.15) is 12.1 Å². The van der Waals surface area contributed by atoms with Crippen molar-refractivity contribution in [1.29, 1.82) is 0 Å². The number of carboxylic acid groups (broad SMARTS) is 1. The number of thiazole rings is 1. The average molecular weight is 230 g/mol. The zero-order valence-corrected chi connectivity index (χ0v) is 9.36. The van der Waals surface area contributed by atoms with E-state index in [4.69, 9.17) is 10.8 Å². The van der Waals surface area contributed by atoms with Gasteiger partial charge in [-0.1, -0.05) is 13.8 Å². The molecule has 1 aromatic rings. The molecule has 0 saturated carbocycles. The van der Waals surface area contributed by atoms with Gasteiger partial charge in [0.15, 0.2) is 0 Å². The van der Waals surface area contributed by atoms with Gasteiger partial charge in [0.05, 0.1) is 9.88 Å². The summed E-state index contributed by atoms with van der Waals surface area (Å²) in [7, 11) is 0. The molecule has 6 heteroatoms. The molecule has 0 aliphatic carbocycles. The standard InChI is InChI=1S/C9H14N2O3S/c1-4(2)8-11-3-5(15-8)7(12)6(10)9(13)14/h3-4,6-7,12H,10H2,1-2H3,(H,13,14). The van der Waals surface area contributed by atoms with Gasteiger partial charge in [-0.15, -0.1) is 11.3 Å². The van der Waals surface area contributed by atoms with Gasteiger partial charge >= 0.3 is 5.97 Å². The van der Waals surface area contributed by atoms with Crippen LogP contribution in [0.25, 0.3) is 0 Å². The summed E-state index contributed by atoms with van der Waals surface area (Å²) in [4.78, 5) is 15.1. The maximum absolute atomic E-state index is 10.6. The van der Waals surface area contributed by atoms with E-state index in [9.17, 15) is 9.90 Å². The number of carbonyl (C=O) groups is 1. The van der Waals surface area contributed by atoms with Gasteiger partial charge in [-0.25, -0.2) is 4.98 Å². The topological polar surface area (TPSA) is 96.4 Å². The molecule has 2 unspecified atom stereocenters. The lowest BCUT2D eigenvalue weighted by Crippen LogP contribution is -2.36. The maximum Gasteiger partial charge on any atom is 0.323 e. The molecule has 84 valence electrons. The van der Waals surface area contributed by atoms with Crippen molar-refractivity contribution in [2.75, 3.05) is 0 Å². The minimum Gasteiger partial charge on any atom is -0.480 e. The number of aliphatic hydroxyl groups is 1. The van der Waals surface area contributed by atoms with Crippen molar-refractivity contribution in [3.63, 3.8) is 0 Å². The van der Waals surface area contributed by atoms with Crippen molar-refractivity contribution in [1.82, 2.24) is 4.98 Å². The summed E-state index contributed by atoms with van der Waals surface area (Å²) < 4.78 is 0. The number of nitrogens with two attached hydrogens (primary N) is 1. The summed E-state index contributed by atoms with van der Waals surface area (Å²) in [5.41, 5.74) is 5.31. The number of hydrogen-bond acceptors (Lipinski definition) is 5. The third kappa shape index (κ3) is 2.74. The Bertz CT molecular complexity index is 351. The molecule has 4 N–H and O–H groups in total. The fourth-order valence-electron chi connectivity index (χ4n) is 1.02. The maximum atomic E-state index is 10.6. The molecule has 0 radical (unpaired) electrons. The van der Waals surface area contributed by atoms with Crippen LogP contribution in [0, 0.1) is 0 Å². The normalized spacial score (nSPS) is 15.3. The molecule has 0 aliphatic heterocycles. The second-order valence-corrected chi connectivity index (χ2v) is 4.66. The Morgan fingerprint density at radius 2 is 2.20 bits per heavy atom. The molecule has 0 aliphatic rings. The van der Waals surface area contributed by atoms with E-state index < -0.39 is 18.1 Å². The fourth-order valence-corrected chi connectivity index (χ4v) is 1.97. The molecule has 0 amide bonds. The van der Waals surface area contributed by atoms with Crippen LogP contribution in [0.15, 0.2) is 6.20 Å². The van der Waals surface area contributed by atoms with Gasteiger partial charge < -0.3 is 15.9 Å². The predicted octanol–water partition coefficient (Wildman–Crippen LogP) is 0.712. The first-order valence-corrected chi connectivity index (χ1v) is 5.37. The van der Waals surface area contributed by atoms with Gasteiger partial charge in [0, 0.05) is 12.1 Å². The number of aromatic nitrogens is 1. The van der Waals surface area contributed by atoms with E-state index in [-0.39, 0.29) is 5.92 Å². The fraction of sp³-hybridized carbons (Fsp3) is 0.556. The zero-order chi connectivity index (χ0) is 11.6. The van der Waals surface area contributed by atoms with Crippen LogP contribution in [0.4, 0.5) is 0 Å². The molecule has 15 heavy (non-hydrogen) atoms. The van der Waals surface area contributed by atoms with Crippen LogP contribution < -0.4 is 5.73 Å². The van der Waals surface area contributed by atoms with E-state index in [1.165, 1.54) is 17.5 Å². The molecule has 0 fully saturated rings. The molecule has 0 spiro atoms. The quantitative estimate of drug-likeness (QED) is 0.708. The van der Waals surface area contributed by atoms with Crippen LogP contribution in [-0.4, -0.2) is 27.2 Å². The first kappa shape index (κ1) is 12.1. The number of nitrogens with zero attached hydrogens (tertiary/aromatic N) is 1. The van der Waals surface area contributed by atoms with Crippen LogP contribution in [0.5, 0.6) is 0 Å². The second kappa shape index (κ2) is 4.69. The Labute approximate surface area is 91.6 Å². The zero-order valence-electron chi connectivity index (χ0n) is 8.54. The average Bonchev–Trinajstić information content (AvgIpc) is 2.64. The van der Waals surface area contributed by atoms with Crippen molar-refractivity contribution in [3.05, 3.63) is 16.1 Å². The van der Waals surface area contributed by atoms with E-state index in [0.717, 1.165) is 5.01 Å². The lowest BCUT2D eigenvalue weighted by molar-refractivity contribution is -0.141. The summed E-state index contributed by atoms with van der Waals surface area (Å²) in [6.07, 6.45) is 0.292. The second-order valence-electron chi connectivity index (χ2n) is 3.56. The van der Waals surface area contributed by atoms with Crippen molar-refractivity contribution >= 4 is 17.3 Å². The minimum absolute atomic E-state index is 0.261. The summed E-state index contributed by atoms with van der Waals surface area (Å²) in [5.74, 6) is -0.959. The van der Waals surface area contributed by atoms with Gasteiger partial charge in [-0.05, 0) is 0 Å². The number of aliphatic carboxylic acids is 1. The summed E-state index contributed by atoms with van der Waals surface area (Å²) in [5, 5.41) is 19.1. The minimum atomic E-state index is -1.30. The number of carboxylic acids is 1. The molecule has 1 rings (SSSR count). The van der Waals surface area contributed by atoms with Gasteiger partial charge in [-0.2, -0.15) is 0 Å². The Hall–Kier alpha value is -0.980. The van der Waals surface area contributed by atoms with Crippen molar-refractivity contribution < 1.29 is 15.0 Å². The van der Waals surface area contributed by atoms with E-state index in [0.29, 0.717) is 4.88 Å². The van der Waals surface area contributed by atoms with Crippen molar-refractivity contribution in [3.8, 4) is 0 Å². The largest absolute Gasteiger partial charge is 0.480 e. The van der Waals surface area contributed by atoms with Gasteiger partial charge in [0.2, 0.25) is 0 Å². The van der Waals surface area contributed by atoms with Gasteiger partial charge in [-0.3, -0.25) is 4.79 Å². The predicted molar refractivity (Wildman–Crippen MR) is 56.8 cm³/mol. The Morgan fingerprint density at radius 3 is 2.60 bits per heavy atom. The van der Waals surface area contributed by atoms with Crippen LogP contribution in [0.1, 0.15) is 35.8 Å². The molecular weight excluding hydrogens is 216 g/mol. The van der Waals surface area contributed by atoms with E-state index in [1.54, 1.807) is 0 Å². The molecule has 0 bridgehead atoms. The number of hydrogen-bond donors (Lipinski definition) is 3. The molecular formula is C9H14N2O3S. The Morgan fingerprint density at radius 1 is 1.60 bits per heavy atom. The smallest absolute Gasteiger partial charge is 0.323 e. The number of aliphatic hydroxyl groups excluding tert-OH is 1. The van der Waals surface area contributed by atoms with E-state index >= 15 is 0 Å². The monoisotopic (exact) mass is 230 g/mol. The van der Waals surface area contributed by atoms with E-state index in [2.05, 4.69) is 4.98 Å². The third-order valence-electron chi connectivity index (χ3n) is 1.95. The highest BCUT2D eigenvalue weighted by Crippen LogP contribution is 2.27. The molecule has 2 atom stereocenters. The summed E-state index contributed by atoms with van der Waals surface area (Å²) in [6.45, 7) is 3.96. The van der Waals surface area contributed by atoms with Crippen LogP contribution in [-0.2, 0) is 4.79 Å². The van der Waals surface area contributed by atoms with Gasteiger partial charge in [0.25, 0.3) is 0 Å². The SMILES string of the molecule is CC(C)c1ncc(C(O)C(N)C(=O)O)s1. The van der Waals surface area contributed by atoms with Crippen LogP contribution in [0.2, 0.25) is 0 Å². The molecule has 5 nitrogen and oxygen atoms in total. The summed E-state index contributed by atoms with van der Waals surface area (Å²) in [6, 6.07) is -1.30. The Balaban J connectivity index is 2.82. The highest BCUT2D eigenvalue weighted by atomic mass is 32.1. The Kier molecular flexibility index (Phi) is 3.78. The molecule has 0 saturated heterocycles. The first-order chi connectivity index (χ1) is 6.93. The molecule has 1 aromatic heterocycles. The summed E-state index contributed by atoms with van der Waals surface area (Å²) >= 11 is 1.29. The van der Waals surface area contributed by atoms with Crippen molar-refractivity contribution in [2.24, 2.45) is 5.73 Å².